The van der Waals surface area contributed by atoms with Gasteiger partial charge >= 0.3 is 0 Å². The van der Waals surface area contributed by atoms with Crippen molar-refractivity contribution in [2.75, 3.05) is 0 Å². The lowest BCUT2D eigenvalue weighted by Crippen LogP contribution is -2.00. The Bertz CT molecular complexity index is 112. The van der Waals surface area contributed by atoms with Crippen molar-refractivity contribution in [1.29, 1.82) is 0 Å². The smallest absolute Gasteiger partial charge is 0.0417 e. The third-order valence-corrected chi connectivity index (χ3v) is 1.96. The van der Waals surface area contributed by atoms with Gasteiger partial charge in [-0.05, 0) is 32.1 Å². The minimum Gasteiger partial charge on any atom is -0.103 e. The molecule has 0 saturated carbocycles. The van der Waals surface area contributed by atoms with Crippen LogP contribution in [0.1, 0.15) is 94.9 Å². The fraction of sp³-hybridized carbons (Fsp3) is 0.800. The lowest BCUT2D eigenvalue weighted by Gasteiger charge is -2.13. The van der Waals surface area contributed by atoms with Crippen LogP contribution in [0, 0.1) is 11.8 Å². The number of hydrogen-bond donors (Lipinski definition) is 0. The van der Waals surface area contributed by atoms with Gasteiger partial charge in [0.15, 0.2) is 0 Å². The Balaban J connectivity index is -0.0000000568. The molecule has 0 spiro atoms. The van der Waals surface area contributed by atoms with Crippen molar-refractivity contribution in [3.8, 4) is 0 Å². The molecule has 0 aliphatic rings. The summed E-state index contributed by atoms with van der Waals surface area (Å²) in [6.45, 7) is 27.9. The van der Waals surface area contributed by atoms with Crippen molar-refractivity contribution in [1.82, 2.24) is 0 Å². The maximum atomic E-state index is 3.36. The van der Waals surface area contributed by atoms with Gasteiger partial charge in [0.05, 0.1) is 0 Å². The first-order chi connectivity index (χ1) is 9.44. The molecule has 0 aliphatic carbocycles. The van der Waals surface area contributed by atoms with E-state index in [0.717, 1.165) is 11.8 Å². The zero-order valence-electron chi connectivity index (χ0n) is 16.6. The first-order valence-corrected chi connectivity index (χ1v) is 8.59. The zero-order chi connectivity index (χ0) is 17.4. The van der Waals surface area contributed by atoms with Crippen molar-refractivity contribution in [2.24, 2.45) is 11.8 Å². The molecule has 0 radical (unpaired) electrons. The van der Waals surface area contributed by atoms with E-state index in [1.54, 1.807) is 12.2 Å². The third-order valence-electron chi connectivity index (χ3n) is 1.96. The van der Waals surface area contributed by atoms with Gasteiger partial charge in [-0.15, -0.1) is 13.2 Å². The summed E-state index contributed by atoms with van der Waals surface area (Å²) in [4.78, 5) is 0. The highest BCUT2D eigenvalue weighted by Crippen LogP contribution is 2.17. The Hall–Kier alpha value is -0.520. The van der Waals surface area contributed by atoms with Crippen molar-refractivity contribution in [3.05, 3.63) is 25.3 Å². The second-order valence-electron chi connectivity index (χ2n) is 4.84. The van der Waals surface area contributed by atoms with Crippen LogP contribution in [0.5, 0.6) is 0 Å². The molecule has 0 heterocycles. The Morgan fingerprint density at radius 2 is 1.00 bits per heavy atom. The maximum Gasteiger partial charge on any atom is -0.0417 e. The Labute approximate surface area is 132 Å². The first kappa shape index (κ1) is 31.7. The van der Waals surface area contributed by atoms with E-state index >= 15 is 0 Å². The third kappa shape index (κ3) is 84.9. The van der Waals surface area contributed by atoms with Crippen molar-refractivity contribution in [3.63, 3.8) is 0 Å². The minimum absolute atomic E-state index is 0.884. The average molecular weight is 287 g/mol. The molecule has 0 fully saturated rings. The number of hydrogen-bond acceptors (Lipinski definition) is 0. The lowest BCUT2D eigenvalue weighted by atomic mass is 9.93. The standard InChI is InChI=1S/C9H20.C3H8.2C3H6.C2H6/c1-5-9(6-2)7-8(3)4;3*1-3-2;1-2/h8-9H,5-7H2,1-4H3;3H2,1-2H3;2*3H,1H2,2H3;1-2H3. The molecule has 0 N–H and O–H groups in total. The zero-order valence-corrected chi connectivity index (χ0v) is 16.6. The van der Waals surface area contributed by atoms with Crippen LogP contribution >= 0.6 is 0 Å². The molecular formula is C20H46. The molecule has 0 heteroatoms. The van der Waals surface area contributed by atoms with Crippen molar-refractivity contribution < 1.29 is 0 Å². The second kappa shape index (κ2) is 42.8. The van der Waals surface area contributed by atoms with Crippen LogP contribution in [0.25, 0.3) is 0 Å². The minimum atomic E-state index is 0.884. The van der Waals surface area contributed by atoms with E-state index in [-0.39, 0.29) is 0 Å². The Kier molecular flexibility index (Phi) is 68.0. The van der Waals surface area contributed by atoms with Crippen LogP contribution in [0.3, 0.4) is 0 Å². The summed E-state index contributed by atoms with van der Waals surface area (Å²) in [5.41, 5.74) is 0. The SMILES string of the molecule is C=CC.C=CC.CC.CCC.CCC(CC)CC(C)C. The van der Waals surface area contributed by atoms with Gasteiger partial charge in [0.25, 0.3) is 0 Å². The van der Waals surface area contributed by atoms with E-state index in [1.165, 1.54) is 25.7 Å². The van der Waals surface area contributed by atoms with Crippen LogP contribution in [0.2, 0.25) is 0 Å². The van der Waals surface area contributed by atoms with E-state index in [4.69, 9.17) is 0 Å². The highest BCUT2D eigenvalue weighted by atomic mass is 14.1. The van der Waals surface area contributed by atoms with Gasteiger partial charge in [-0.3, -0.25) is 0 Å². The highest BCUT2D eigenvalue weighted by molar-refractivity contribution is 4.56. The van der Waals surface area contributed by atoms with E-state index in [2.05, 4.69) is 54.7 Å². The van der Waals surface area contributed by atoms with Crippen LogP contribution in [-0.4, -0.2) is 0 Å². The summed E-state index contributed by atoms with van der Waals surface area (Å²) < 4.78 is 0. The van der Waals surface area contributed by atoms with E-state index < -0.39 is 0 Å². The second-order valence-corrected chi connectivity index (χ2v) is 4.84. The first-order valence-electron chi connectivity index (χ1n) is 8.59. The molecule has 20 heavy (non-hydrogen) atoms. The molecule has 126 valence electrons. The summed E-state index contributed by atoms with van der Waals surface area (Å²) in [5.74, 6) is 1.86. The van der Waals surface area contributed by atoms with Gasteiger partial charge in [-0.1, -0.05) is 86.8 Å². The van der Waals surface area contributed by atoms with Crippen molar-refractivity contribution in [2.45, 2.75) is 94.9 Å². The van der Waals surface area contributed by atoms with Crippen molar-refractivity contribution >= 4 is 0 Å². The van der Waals surface area contributed by atoms with Gasteiger partial charge in [0.1, 0.15) is 0 Å². The van der Waals surface area contributed by atoms with Gasteiger partial charge in [0, 0.05) is 0 Å². The summed E-state index contributed by atoms with van der Waals surface area (Å²) >= 11 is 0. The van der Waals surface area contributed by atoms with Gasteiger partial charge < -0.3 is 0 Å². The quantitative estimate of drug-likeness (QED) is 0.456. The summed E-state index contributed by atoms with van der Waals surface area (Å²) in [6.07, 6.45) is 8.87. The van der Waals surface area contributed by atoms with Gasteiger partial charge in [0.2, 0.25) is 0 Å². The van der Waals surface area contributed by atoms with Crippen LogP contribution < -0.4 is 0 Å². The average Bonchev–Trinajstić information content (AvgIpc) is 2.41. The lowest BCUT2D eigenvalue weighted by molar-refractivity contribution is 0.388. The highest BCUT2D eigenvalue weighted by Gasteiger charge is 2.04. The molecule has 0 nitrogen and oxygen atoms in total. The fourth-order valence-electron chi connectivity index (χ4n) is 1.29. The molecule has 0 aliphatic heterocycles. The molecule has 0 amide bonds. The normalized spacial score (nSPS) is 7.60. The predicted octanol–water partition coefficient (Wildman–Crippen LogP) is 8.30. The summed E-state index contributed by atoms with van der Waals surface area (Å²) in [6, 6.07) is 0. The molecule has 0 aromatic heterocycles. The molecule has 0 saturated heterocycles. The predicted molar refractivity (Wildman–Crippen MR) is 103 cm³/mol. The van der Waals surface area contributed by atoms with Crippen LogP contribution in [-0.2, 0) is 0 Å². The fourth-order valence-corrected chi connectivity index (χ4v) is 1.29. The Morgan fingerprint density at radius 1 is 0.800 bits per heavy atom. The number of allylic oxidation sites excluding steroid dienone is 2. The summed E-state index contributed by atoms with van der Waals surface area (Å²) in [7, 11) is 0. The molecular weight excluding hydrogens is 240 g/mol. The molecule has 0 atom stereocenters. The van der Waals surface area contributed by atoms with Gasteiger partial charge in [-0.2, -0.15) is 0 Å². The Morgan fingerprint density at radius 3 is 1.05 bits per heavy atom. The molecule has 0 aromatic carbocycles. The molecule has 0 unspecified atom stereocenters. The molecule has 0 rings (SSSR count). The van der Waals surface area contributed by atoms with E-state index in [1.807, 2.05) is 27.7 Å². The largest absolute Gasteiger partial charge is 0.103 e. The molecule has 0 aromatic rings. The van der Waals surface area contributed by atoms with Gasteiger partial charge in [-0.25, -0.2) is 0 Å². The van der Waals surface area contributed by atoms with E-state index in [9.17, 15) is 0 Å². The summed E-state index contributed by atoms with van der Waals surface area (Å²) in [5, 5.41) is 0. The van der Waals surface area contributed by atoms with Crippen LogP contribution in [0.4, 0.5) is 0 Å². The monoisotopic (exact) mass is 286 g/mol. The van der Waals surface area contributed by atoms with E-state index in [0.29, 0.717) is 0 Å². The topological polar surface area (TPSA) is 0 Å². The molecule has 0 bridgehead atoms. The number of rotatable bonds is 4. The van der Waals surface area contributed by atoms with Crippen LogP contribution in [0.15, 0.2) is 25.3 Å². The maximum absolute atomic E-state index is 3.36.